The van der Waals surface area contributed by atoms with E-state index in [-0.39, 0.29) is 5.91 Å². The Bertz CT molecular complexity index is 340. The molecule has 0 saturated carbocycles. The monoisotopic (exact) mass is 352 g/mol. The van der Waals surface area contributed by atoms with Gasteiger partial charge in [0.05, 0.1) is 0 Å². The molecule has 0 bridgehead atoms. The average Bonchev–Trinajstić information content (AvgIpc) is 2.22. The second-order valence-corrected chi connectivity index (χ2v) is 8.85. The van der Waals surface area contributed by atoms with Crippen LogP contribution in [0.25, 0.3) is 0 Å². The van der Waals surface area contributed by atoms with Crippen LogP contribution in [0.3, 0.4) is 0 Å². The van der Waals surface area contributed by atoms with Gasteiger partial charge in [-0.3, -0.25) is 9.10 Å². The van der Waals surface area contributed by atoms with Crippen molar-refractivity contribution in [1.29, 1.82) is 0 Å². The van der Waals surface area contributed by atoms with Gasteiger partial charge in [-0.05, 0) is 0 Å². The number of likely N-dealkylation sites (N-methyl/N-ethyl adjacent to an activating group) is 1. The van der Waals surface area contributed by atoms with E-state index >= 15 is 0 Å². The van der Waals surface area contributed by atoms with E-state index in [0.29, 0.717) is 24.2 Å². The Balaban J connectivity index is 2.51. The molecule has 18 heavy (non-hydrogen) atoms. The zero-order valence-electron chi connectivity index (χ0n) is 9.56. The van der Waals surface area contributed by atoms with E-state index in [2.05, 4.69) is 0 Å². The number of hydrogen-bond acceptors (Lipinski definition) is 5. The summed E-state index contributed by atoms with van der Waals surface area (Å²) in [6.45, 7) is 0.635. The van der Waals surface area contributed by atoms with Crippen molar-refractivity contribution in [1.82, 2.24) is 9.21 Å². The molecule has 1 atom stereocenters. The molecule has 1 aliphatic rings. The van der Waals surface area contributed by atoms with Crippen molar-refractivity contribution >= 4 is 70.5 Å². The second-order valence-electron chi connectivity index (χ2n) is 3.38. The van der Waals surface area contributed by atoms with E-state index in [1.54, 1.807) is 7.05 Å². The van der Waals surface area contributed by atoms with Gasteiger partial charge in [-0.2, -0.15) is 0 Å². The Morgan fingerprint density at radius 1 is 1.61 bits per heavy atom. The van der Waals surface area contributed by atoms with Crippen LogP contribution in [-0.2, 0) is 9.53 Å². The third kappa shape index (κ3) is 5.13. The van der Waals surface area contributed by atoms with Gasteiger partial charge in [0.2, 0.25) is 5.44 Å². The topological polar surface area (TPSA) is 49.9 Å². The first-order valence-electron chi connectivity index (χ1n) is 4.77. The van der Waals surface area contributed by atoms with Crippen molar-refractivity contribution in [3.05, 3.63) is 0 Å². The minimum absolute atomic E-state index is 0.244. The highest BCUT2D eigenvalue weighted by atomic mass is 35.6. The summed E-state index contributed by atoms with van der Waals surface area (Å²) >= 11 is 18.5. The van der Waals surface area contributed by atoms with Gasteiger partial charge in [-0.15, -0.1) is 11.8 Å². The van der Waals surface area contributed by atoms with Crippen LogP contribution >= 0.6 is 58.5 Å². The van der Waals surface area contributed by atoms with Crippen LogP contribution < -0.4 is 0 Å². The third-order valence-corrected chi connectivity index (χ3v) is 4.25. The van der Waals surface area contributed by atoms with Crippen molar-refractivity contribution < 1.29 is 14.3 Å². The van der Waals surface area contributed by atoms with Crippen molar-refractivity contribution in [3.8, 4) is 0 Å². The van der Waals surface area contributed by atoms with Gasteiger partial charge >= 0.3 is 6.09 Å². The minimum atomic E-state index is -1.66. The van der Waals surface area contributed by atoms with E-state index < -0.39 is 14.7 Å². The van der Waals surface area contributed by atoms with Gasteiger partial charge in [0.25, 0.3) is 9.03 Å². The summed E-state index contributed by atoms with van der Waals surface area (Å²) in [6.07, 6.45) is -0.729. The second kappa shape index (κ2) is 6.65. The zero-order chi connectivity index (χ0) is 13.9. The number of nitrogens with zero attached hydrogens (tertiary/aromatic N) is 2. The lowest BCUT2D eigenvalue weighted by atomic mass is 10.5. The normalized spacial score (nSPS) is 20.8. The number of carbonyl (C=O) groups excluding carboxylic acids is 2. The fourth-order valence-electron chi connectivity index (χ4n) is 1.10. The summed E-state index contributed by atoms with van der Waals surface area (Å²) in [4.78, 5) is 24.9. The van der Waals surface area contributed by atoms with Gasteiger partial charge in [0, 0.05) is 38.3 Å². The maximum absolute atomic E-state index is 11.7. The highest BCUT2D eigenvalue weighted by Crippen LogP contribution is 2.40. The van der Waals surface area contributed by atoms with E-state index in [1.807, 2.05) is 0 Å². The molecule has 1 saturated heterocycles. The van der Waals surface area contributed by atoms with E-state index in [0.717, 1.165) is 4.31 Å². The maximum atomic E-state index is 11.7. The largest absolute Gasteiger partial charge is 0.424 e. The van der Waals surface area contributed by atoms with Crippen molar-refractivity contribution in [2.45, 2.75) is 8.56 Å². The molecule has 0 radical (unpaired) electrons. The minimum Gasteiger partial charge on any atom is -0.424 e. The summed E-state index contributed by atoms with van der Waals surface area (Å²) in [7, 11) is 3.05. The fourth-order valence-corrected chi connectivity index (χ4v) is 3.53. The summed E-state index contributed by atoms with van der Waals surface area (Å²) in [5.74, 6) is 0.466. The number of rotatable bonds is 2. The van der Waals surface area contributed by atoms with E-state index in [9.17, 15) is 9.59 Å². The molecular weight excluding hydrogens is 343 g/mol. The number of thioether (sulfide) groups is 1. The quantitative estimate of drug-likeness (QED) is 0.564. The molecule has 10 heteroatoms. The van der Waals surface area contributed by atoms with Gasteiger partial charge in [-0.1, -0.05) is 34.8 Å². The van der Waals surface area contributed by atoms with Gasteiger partial charge in [0.15, 0.2) is 0 Å². The van der Waals surface area contributed by atoms with Gasteiger partial charge in [-0.25, -0.2) is 4.79 Å². The summed E-state index contributed by atoms with van der Waals surface area (Å²) < 4.78 is 4.42. The molecule has 1 aliphatic heterocycles. The lowest BCUT2D eigenvalue weighted by molar-refractivity contribution is -0.135. The molecule has 0 aromatic heterocycles. The van der Waals surface area contributed by atoms with Crippen LogP contribution in [0.15, 0.2) is 0 Å². The summed E-state index contributed by atoms with van der Waals surface area (Å²) in [5.41, 5.74) is -0.838. The number of alkyl halides is 3. The molecule has 0 aliphatic carbocycles. The SMILES string of the molecule is CN1CCSC(OC(=O)N(C)SC(Cl)(Cl)Cl)C1=O. The summed E-state index contributed by atoms with van der Waals surface area (Å²) in [5, 5.41) is 0. The van der Waals surface area contributed by atoms with Crippen LogP contribution in [-0.4, -0.2) is 56.2 Å². The molecule has 1 unspecified atom stereocenters. The summed E-state index contributed by atoms with van der Waals surface area (Å²) in [6, 6.07) is 0. The van der Waals surface area contributed by atoms with E-state index in [1.165, 1.54) is 23.7 Å². The lowest BCUT2D eigenvalue weighted by Gasteiger charge is -2.29. The molecule has 1 rings (SSSR count). The number of carbonyl (C=O) groups is 2. The Hall–Kier alpha value is 0.310. The maximum Gasteiger partial charge on any atom is 0.421 e. The molecule has 1 heterocycles. The van der Waals surface area contributed by atoms with Crippen molar-refractivity contribution in [2.24, 2.45) is 0 Å². The van der Waals surface area contributed by atoms with Gasteiger partial charge < -0.3 is 9.64 Å². The number of hydrogen-bond donors (Lipinski definition) is 0. The first-order valence-corrected chi connectivity index (χ1v) is 7.73. The molecule has 0 aromatic carbocycles. The molecule has 0 spiro atoms. The van der Waals surface area contributed by atoms with Crippen LogP contribution in [0, 0.1) is 0 Å². The molecule has 0 N–H and O–H groups in total. The number of ether oxygens (including phenoxy) is 1. The fraction of sp³-hybridized carbons (Fsp3) is 0.750. The molecule has 5 nitrogen and oxygen atoms in total. The molecule has 1 fully saturated rings. The Labute approximate surface area is 129 Å². The van der Waals surface area contributed by atoms with Crippen LogP contribution in [0.5, 0.6) is 0 Å². The average molecular weight is 354 g/mol. The smallest absolute Gasteiger partial charge is 0.421 e. The highest BCUT2D eigenvalue weighted by molar-refractivity contribution is 8.03. The van der Waals surface area contributed by atoms with Crippen molar-refractivity contribution in [3.63, 3.8) is 0 Å². The molecule has 2 amide bonds. The first-order chi connectivity index (χ1) is 8.20. The van der Waals surface area contributed by atoms with Crippen LogP contribution in [0.4, 0.5) is 4.79 Å². The van der Waals surface area contributed by atoms with Crippen LogP contribution in [0.2, 0.25) is 0 Å². The highest BCUT2D eigenvalue weighted by Gasteiger charge is 2.33. The Morgan fingerprint density at radius 3 is 2.78 bits per heavy atom. The molecule has 104 valence electrons. The zero-order valence-corrected chi connectivity index (χ0v) is 13.5. The first kappa shape index (κ1) is 16.4. The third-order valence-electron chi connectivity index (χ3n) is 1.98. The number of halogens is 3. The Kier molecular flexibility index (Phi) is 6.05. The van der Waals surface area contributed by atoms with Crippen molar-refractivity contribution in [2.75, 3.05) is 26.4 Å². The molecular formula is C8H11Cl3N2O3S2. The number of amides is 2. The van der Waals surface area contributed by atoms with E-state index in [4.69, 9.17) is 39.5 Å². The standard InChI is InChI=1S/C8H11Cl3N2O3S2/c1-12-3-4-17-6(5(12)14)16-7(15)13(2)18-8(9,10)11/h6H,3-4H2,1-2H3. The lowest BCUT2D eigenvalue weighted by Crippen LogP contribution is -2.44. The molecule has 0 aromatic rings. The Morgan fingerprint density at radius 2 is 2.22 bits per heavy atom. The predicted molar refractivity (Wildman–Crippen MR) is 76.0 cm³/mol. The predicted octanol–water partition coefficient (Wildman–Crippen LogP) is 2.56. The van der Waals surface area contributed by atoms with Crippen LogP contribution in [0.1, 0.15) is 0 Å². The van der Waals surface area contributed by atoms with Gasteiger partial charge in [0.1, 0.15) is 0 Å².